The number of benzene rings is 1. The number of pyridine rings is 1. The second kappa shape index (κ2) is 6.88. The molecule has 0 aliphatic carbocycles. The summed E-state index contributed by atoms with van der Waals surface area (Å²) in [5.41, 5.74) is 4.99. The summed E-state index contributed by atoms with van der Waals surface area (Å²) in [5, 5.41) is 8.92. The number of imidazole rings is 1. The summed E-state index contributed by atoms with van der Waals surface area (Å²) in [5.74, 6) is 0.793. The molecule has 1 aromatic carbocycles. The highest BCUT2D eigenvalue weighted by atomic mass is 15.2. The van der Waals surface area contributed by atoms with Crippen LogP contribution in [0.4, 0.5) is 17.2 Å². The van der Waals surface area contributed by atoms with Gasteiger partial charge in [0, 0.05) is 37.6 Å². The molecule has 1 saturated heterocycles. The fourth-order valence-electron chi connectivity index (χ4n) is 3.37. The lowest BCUT2D eigenvalue weighted by molar-refractivity contribution is 0.313. The number of hydrogen-bond donors (Lipinski definition) is 0. The van der Waals surface area contributed by atoms with E-state index in [0.717, 1.165) is 54.7 Å². The van der Waals surface area contributed by atoms with Crippen molar-refractivity contribution in [2.75, 3.05) is 38.1 Å². The standard InChI is InChI=1S/C20H24N6/c1-15-5-4-6-19-21-16(2)20(26(15)19)23-22-17-7-9-18(10-8-17)25-13-11-24(3)12-14-25/h4-10H,11-14H2,1-3H3. The fourth-order valence-corrected chi connectivity index (χ4v) is 3.37. The Balaban J connectivity index is 1.55. The van der Waals surface area contributed by atoms with E-state index in [-0.39, 0.29) is 0 Å². The molecule has 0 bridgehead atoms. The third-order valence-corrected chi connectivity index (χ3v) is 4.96. The Morgan fingerprint density at radius 2 is 1.62 bits per heavy atom. The van der Waals surface area contributed by atoms with Crippen LogP contribution in [-0.4, -0.2) is 47.5 Å². The summed E-state index contributed by atoms with van der Waals surface area (Å²) >= 11 is 0. The lowest BCUT2D eigenvalue weighted by atomic mass is 10.2. The van der Waals surface area contributed by atoms with Crippen LogP contribution >= 0.6 is 0 Å². The molecule has 3 heterocycles. The molecule has 3 aromatic rings. The number of aromatic nitrogens is 2. The molecular formula is C20H24N6. The molecule has 1 fully saturated rings. The normalized spacial score (nSPS) is 16.0. The Hall–Kier alpha value is -2.73. The summed E-state index contributed by atoms with van der Waals surface area (Å²) in [6.07, 6.45) is 0. The highest BCUT2D eigenvalue weighted by Gasteiger charge is 2.14. The van der Waals surface area contributed by atoms with E-state index in [1.165, 1.54) is 5.69 Å². The van der Waals surface area contributed by atoms with Crippen LogP contribution in [0, 0.1) is 13.8 Å². The van der Waals surface area contributed by atoms with Crippen LogP contribution < -0.4 is 4.90 Å². The second-order valence-corrected chi connectivity index (χ2v) is 6.89. The number of aryl methyl sites for hydroxylation is 2. The summed E-state index contributed by atoms with van der Waals surface area (Å²) in [6, 6.07) is 14.4. The molecule has 0 spiro atoms. The Morgan fingerprint density at radius 3 is 2.35 bits per heavy atom. The number of azo groups is 1. The van der Waals surface area contributed by atoms with Crippen LogP contribution in [0.1, 0.15) is 11.4 Å². The minimum Gasteiger partial charge on any atom is -0.369 e. The molecule has 1 aliphatic heterocycles. The summed E-state index contributed by atoms with van der Waals surface area (Å²) in [4.78, 5) is 9.34. The van der Waals surface area contributed by atoms with Gasteiger partial charge in [-0.3, -0.25) is 4.40 Å². The van der Waals surface area contributed by atoms with E-state index < -0.39 is 0 Å². The Kier molecular flexibility index (Phi) is 4.42. The van der Waals surface area contributed by atoms with E-state index in [2.05, 4.69) is 57.2 Å². The zero-order chi connectivity index (χ0) is 18.1. The summed E-state index contributed by atoms with van der Waals surface area (Å²) in [7, 11) is 2.17. The highest BCUT2D eigenvalue weighted by molar-refractivity contribution is 5.55. The molecule has 6 heteroatoms. The van der Waals surface area contributed by atoms with Gasteiger partial charge in [-0.1, -0.05) is 6.07 Å². The topological polar surface area (TPSA) is 48.5 Å². The van der Waals surface area contributed by atoms with Gasteiger partial charge in [-0.2, -0.15) is 0 Å². The van der Waals surface area contributed by atoms with Crippen molar-refractivity contribution >= 4 is 22.8 Å². The van der Waals surface area contributed by atoms with Crippen molar-refractivity contribution in [3.05, 3.63) is 53.9 Å². The van der Waals surface area contributed by atoms with Gasteiger partial charge in [0.1, 0.15) is 5.65 Å². The van der Waals surface area contributed by atoms with Gasteiger partial charge in [-0.15, -0.1) is 10.2 Å². The molecule has 6 nitrogen and oxygen atoms in total. The average molecular weight is 348 g/mol. The van der Waals surface area contributed by atoms with Gasteiger partial charge in [0.2, 0.25) is 0 Å². The Bertz CT molecular complexity index is 933. The number of hydrogen-bond acceptors (Lipinski definition) is 5. The van der Waals surface area contributed by atoms with Crippen molar-refractivity contribution in [2.45, 2.75) is 13.8 Å². The third-order valence-electron chi connectivity index (χ3n) is 4.96. The monoisotopic (exact) mass is 348 g/mol. The molecule has 0 amide bonds. The van der Waals surface area contributed by atoms with Crippen molar-refractivity contribution in [2.24, 2.45) is 10.2 Å². The minimum atomic E-state index is 0.793. The van der Waals surface area contributed by atoms with E-state index in [0.29, 0.717) is 0 Å². The molecular weight excluding hydrogens is 324 g/mol. The van der Waals surface area contributed by atoms with E-state index >= 15 is 0 Å². The molecule has 1 aliphatic rings. The number of rotatable bonds is 3. The maximum Gasteiger partial charge on any atom is 0.182 e. The van der Waals surface area contributed by atoms with Crippen molar-refractivity contribution in [3.8, 4) is 0 Å². The molecule has 2 aromatic heterocycles. The molecule has 0 unspecified atom stereocenters. The van der Waals surface area contributed by atoms with Crippen molar-refractivity contribution < 1.29 is 0 Å². The summed E-state index contributed by atoms with van der Waals surface area (Å²) < 4.78 is 2.04. The number of fused-ring (bicyclic) bond motifs is 1. The van der Waals surface area contributed by atoms with Crippen LogP contribution in [-0.2, 0) is 0 Å². The first-order chi connectivity index (χ1) is 12.6. The van der Waals surface area contributed by atoms with Gasteiger partial charge < -0.3 is 9.80 Å². The molecule has 26 heavy (non-hydrogen) atoms. The SMILES string of the molecule is Cc1nc2cccc(C)n2c1N=Nc1ccc(N2CCN(C)CC2)cc1. The molecule has 0 N–H and O–H groups in total. The van der Waals surface area contributed by atoms with Gasteiger partial charge in [-0.25, -0.2) is 4.98 Å². The summed E-state index contributed by atoms with van der Waals surface area (Å²) in [6.45, 7) is 8.37. The quantitative estimate of drug-likeness (QED) is 0.669. The number of piperazine rings is 1. The smallest absolute Gasteiger partial charge is 0.182 e. The molecule has 134 valence electrons. The first-order valence-electron chi connectivity index (χ1n) is 9.02. The predicted molar refractivity (Wildman–Crippen MR) is 105 cm³/mol. The van der Waals surface area contributed by atoms with E-state index in [9.17, 15) is 0 Å². The van der Waals surface area contributed by atoms with Crippen molar-refractivity contribution in [1.29, 1.82) is 0 Å². The third kappa shape index (κ3) is 3.20. The van der Waals surface area contributed by atoms with Crippen LogP contribution in [0.25, 0.3) is 5.65 Å². The van der Waals surface area contributed by atoms with Gasteiger partial charge in [0.05, 0.1) is 11.4 Å². The van der Waals surface area contributed by atoms with Gasteiger partial charge in [0.25, 0.3) is 0 Å². The van der Waals surface area contributed by atoms with Crippen LogP contribution in [0.3, 0.4) is 0 Å². The average Bonchev–Trinajstić information content (AvgIpc) is 2.98. The highest BCUT2D eigenvalue weighted by Crippen LogP contribution is 2.26. The van der Waals surface area contributed by atoms with Crippen LogP contribution in [0.2, 0.25) is 0 Å². The zero-order valence-corrected chi connectivity index (χ0v) is 15.6. The predicted octanol–water partition coefficient (Wildman–Crippen LogP) is 4.12. The van der Waals surface area contributed by atoms with Crippen LogP contribution in [0.5, 0.6) is 0 Å². The largest absolute Gasteiger partial charge is 0.369 e. The van der Waals surface area contributed by atoms with Crippen molar-refractivity contribution in [1.82, 2.24) is 14.3 Å². The lowest BCUT2D eigenvalue weighted by Crippen LogP contribution is -2.44. The van der Waals surface area contributed by atoms with E-state index in [4.69, 9.17) is 0 Å². The van der Waals surface area contributed by atoms with Gasteiger partial charge >= 0.3 is 0 Å². The van der Waals surface area contributed by atoms with E-state index in [1.807, 2.05) is 35.6 Å². The van der Waals surface area contributed by atoms with Crippen molar-refractivity contribution in [3.63, 3.8) is 0 Å². The molecule has 4 rings (SSSR count). The number of likely N-dealkylation sites (N-methyl/N-ethyl adjacent to an activating group) is 1. The fraction of sp³-hybridized carbons (Fsp3) is 0.350. The molecule has 0 atom stereocenters. The minimum absolute atomic E-state index is 0.793. The Labute approximate surface area is 153 Å². The molecule has 0 radical (unpaired) electrons. The first kappa shape index (κ1) is 16.7. The maximum atomic E-state index is 4.57. The maximum absolute atomic E-state index is 4.57. The Morgan fingerprint density at radius 1 is 0.885 bits per heavy atom. The lowest BCUT2D eigenvalue weighted by Gasteiger charge is -2.34. The first-order valence-corrected chi connectivity index (χ1v) is 9.02. The van der Waals surface area contributed by atoms with E-state index in [1.54, 1.807) is 0 Å². The molecule has 0 saturated carbocycles. The van der Waals surface area contributed by atoms with Gasteiger partial charge in [0.15, 0.2) is 5.82 Å². The second-order valence-electron chi connectivity index (χ2n) is 6.89. The number of anilines is 1. The van der Waals surface area contributed by atoms with Gasteiger partial charge in [-0.05, 0) is 57.3 Å². The number of nitrogens with zero attached hydrogens (tertiary/aromatic N) is 6. The zero-order valence-electron chi connectivity index (χ0n) is 15.6. The van der Waals surface area contributed by atoms with Crippen LogP contribution in [0.15, 0.2) is 52.7 Å².